The Morgan fingerprint density at radius 1 is 1.35 bits per heavy atom. The molecule has 0 amide bonds. The van der Waals surface area contributed by atoms with E-state index in [9.17, 15) is 4.79 Å². The van der Waals surface area contributed by atoms with Gasteiger partial charge in [-0.25, -0.2) is 4.79 Å². The lowest BCUT2D eigenvalue weighted by Crippen LogP contribution is -2.38. The summed E-state index contributed by atoms with van der Waals surface area (Å²) in [6.45, 7) is 10.0. The van der Waals surface area contributed by atoms with Gasteiger partial charge in [0.05, 0.1) is 6.61 Å². The number of rotatable bonds is 5. The van der Waals surface area contributed by atoms with Gasteiger partial charge in [0.25, 0.3) is 0 Å². The highest BCUT2D eigenvalue weighted by Crippen LogP contribution is 2.33. The molecule has 1 fully saturated rings. The molecule has 1 aliphatic heterocycles. The van der Waals surface area contributed by atoms with Gasteiger partial charge in [0.2, 0.25) is 0 Å². The normalized spacial score (nSPS) is 20.6. The van der Waals surface area contributed by atoms with Gasteiger partial charge in [0.15, 0.2) is 0 Å². The Hall–Kier alpha value is -0.830. The van der Waals surface area contributed by atoms with Gasteiger partial charge in [-0.3, -0.25) is 4.90 Å². The average molecular weight is 239 g/mol. The van der Waals surface area contributed by atoms with Crippen LogP contribution >= 0.6 is 0 Å². The van der Waals surface area contributed by atoms with Crippen molar-refractivity contribution < 1.29 is 9.53 Å². The number of carbonyl (C=O) groups excluding carboxylic acids is 1. The highest BCUT2D eigenvalue weighted by Gasteiger charge is 2.27. The summed E-state index contributed by atoms with van der Waals surface area (Å²) in [5.41, 5.74) is 0.529. The monoisotopic (exact) mass is 239 g/mol. The molecular formula is C14H25NO2. The molecule has 3 nitrogen and oxygen atoms in total. The van der Waals surface area contributed by atoms with Gasteiger partial charge in [0, 0.05) is 12.6 Å². The van der Waals surface area contributed by atoms with Gasteiger partial charge >= 0.3 is 5.97 Å². The van der Waals surface area contributed by atoms with Crippen LogP contribution < -0.4 is 0 Å². The second kappa shape index (κ2) is 6.80. The topological polar surface area (TPSA) is 29.5 Å². The van der Waals surface area contributed by atoms with Crippen LogP contribution in [0.4, 0.5) is 0 Å². The zero-order valence-electron chi connectivity index (χ0n) is 11.4. The molecule has 0 saturated carbocycles. The molecule has 0 aromatic heterocycles. The number of hydrogen-bond donors (Lipinski definition) is 0. The fourth-order valence-corrected chi connectivity index (χ4v) is 2.12. The van der Waals surface area contributed by atoms with E-state index in [0.717, 1.165) is 19.6 Å². The van der Waals surface area contributed by atoms with Crippen LogP contribution in [-0.2, 0) is 9.53 Å². The fourth-order valence-electron chi connectivity index (χ4n) is 2.12. The third-order valence-corrected chi connectivity index (χ3v) is 3.82. The van der Waals surface area contributed by atoms with Crippen molar-refractivity contribution in [2.75, 3.05) is 26.2 Å². The van der Waals surface area contributed by atoms with Gasteiger partial charge in [-0.15, -0.1) is 0 Å². The summed E-state index contributed by atoms with van der Waals surface area (Å²) in [6, 6.07) is 0. The highest BCUT2D eigenvalue weighted by atomic mass is 16.5. The Balaban J connectivity index is 2.25. The molecular weight excluding hydrogens is 214 g/mol. The molecule has 0 bridgehead atoms. The second-order valence-corrected chi connectivity index (χ2v) is 5.12. The number of hydrogen-bond acceptors (Lipinski definition) is 3. The smallest absolute Gasteiger partial charge is 0.330 e. The summed E-state index contributed by atoms with van der Waals surface area (Å²) in [5, 5.41) is 0. The lowest BCUT2D eigenvalue weighted by molar-refractivity contribution is -0.137. The van der Waals surface area contributed by atoms with Crippen molar-refractivity contribution in [3.63, 3.8) is 0 Å². The first-order valence-corrected chi connectivity index (χ1v) is 6.65. The average Bonchev–Trinajstić information content (AvgIpc) is 2.32. The molecule has 17 heavy (non-hydrogen) atoms. The number of nitrogens with zero attached hydrogens (tertiary/aromatic N) is 1. The molecule has 0 aromatic carbocycles. The van der Waals surface area contributed by atoms with Crippen LogP contribution in [-0.4, -0.2) is 37.1 Å². The third-order valence-electron chi connectivity index (χ3n) is 3.82. The molecule has 1 heterocycles. The van der Waals surface area contributed by atoms with E-state index >= 15 is 0 Å². The minimum Gasteiger partial charge on any atom is -0.463 e. The number of piperidine rings is 1. The van der Waals surface area contributed by atoms with Gasteiger partial charge in [-0.2, -0.15) is 0 Å². The summed E-state index contributed by atoms with van der Waals surface area (Å²) in [4.78, 5) is 13.5. The Morgan fingerprint density at radius 3 is 2.53 bits per heavy atom. The predicted octanol–water partition coefficient (Wildman–Crippen LogP) is 2.62. The maximum atomic E-state index is 11.1. The van der Waals surface area contributed by atoms with E-state index in [1.54, 1.807) is 0 Å². The molecule has 0 unspecified atom stereocenters. The van der Waals surface area contributed by atoms with Crippen LogP contribution in [0, 0.1) is 5.41 Å². The van der Waals surface area contributed by atoms with Crippen molar-refractivity contribution in [1.29, 1.82) is 0 Å². The fraction of sp³-hybridized carbons (Fsp3) is 0.786. The molecule has 3 heteroatoms. The lowest BCUT2D eigenvalue weighted by Gasteiger charge is -2.38. The van der Waals surface area contributed by atoms with Crippen molar-refractivity contribution in [2.45, 2.75) is 40.0 Å². The summed E-state index contributed by atoms with van der Waals surface area (Å²) in [6.07, 6.45) is 7.23. The van der Waals surface area contributed by atoms with Gasteiger partial charge in [0.1, 0.15) is 0 Å². The SMILES string of the molecule is CCOC(=O)/C=C/CN1CCC(C)(CC)CC1. The lowest BCUT2D eigenvalue weighted by atomic mass is 9.78. The largest absolute Gasteiger partial charge is 0.463 e. The third kappa shape index (κ3) is 4.90. The first-order valence-electron chi connectivity index (χ1n) is 6.65. The van der Waals surface area contributed by atoms with Crippen molar-refractivity contribution in [1.82, 2.24) is 4.90 Å². The summed E-state index contributed by atoms with van der Waals surface area (Å²) >= 11 is 0. The molecule has 1 aliphatic rings. The Bertz CT molecular complexity index is 265. The minimum absolute atomic E-state index is 0.233. The Labute approximate surface area is 105 Å². The Kier molecular flexibility index (Phi) is 5.69. The predicted molar refractivity (Wildman–Crippen MR) is 69.8 cm³/mol. The molecule has 0 aliphatic carbocycles. The van der Waals surface area contributed by atoms with Crippen molar-refractivity contribution in [3.05, 3.63) is 12.2 Å². The number of esters is 1. The molecule has 0 atom stereocenters. The molecule has 0 N–H and O–H groups in total. The molecule has 0 spiro atoms. The minimum atomic E-state index is -0.233. The van der Waals surface area contributed by atoms with E-state index in [1.165, 1.54) is 25.3 Å². The first-order chi connectivity index (χ1) is 8.09. The zero-order valence-corrected chi connectivity index (χ0v) is 11.4. The summed E-state index contributed by atoms with van der Waals surface area (Å²) in [5.74, 6) is -0.233. The van der Waals surface area contributed by atoms with E-state index in [1.807, 2.05) is 13.0 Å². The van der Waals surface area contributed by atoms with Gasteiger partial charge in [-0.05, 0) is 38.3 Å². The molecule has 98 valence electrons. The van der Waals surface area contributed by atoms with Crippen LogP contribution in [0.5, 0.6) is 0 Å². The van der Waals surface area contributed by atoms with Crippen molar-refractivity contribution in [3.8, 4) is 0 Å². The highest BCUT2D eigenvalue weighted by molar-refractivity contribution is 5.81. The molecule has 1 saturated heterocycles. The molecule has 1 rings (SSSR count). The van der Waals surface area contributed by atoms with Crippen molar-refractivity contribution in [2.24, 2.45) is 5.41 Å². The van der Waals surface area contributed by atoms with Gasteiger partial charge < -0.3 is 4.74 Å². The first kappa shape index (κ1) is 14.2. The molecule has 0 radical (unpaired) electrons. The van der Waals surface area contributed by atoms with E-state index in [-0.39, 0.29) is 5.97 Å². The van der Waals surface area contributed by atoms with Crippen LogP contribution in [0.3, 0.4) is 0 Å². The van der Waals surface area contributed by atoms with Crippen molar-refractivity contribution >= 4 is 5.97 Å². The van der Waals surface area contributed by atoms with Crippen LogP contribution in [0.2, 0.25) is 0 Å². The maximum absolute atomic E-state index is 11.1. The van der Waals surface area contributed by atoms with E-state index in [4.69, 9.17) is 4.74 Å². The Morgan fingerprint density at radius 2 is 2.00 bits per heavy atom. The van der Waals surface area contributed by atoms with Crippen LogP contribution in [0.1, 0.15) is 40.0 Å². The van der Waals surface area contributed by atoms with E-state index < -0.39 is 0 Å². The second-order valence-electron chi connectivity index (χ2n) is 5.12. The number of carbonyl (C=O) groups is 1. The molecule has 0 aromatic rings. The standard InChI is InChI=1S/C14H25NO2/c1-4-14(3)8-11-15(12-9-14)10-6-7-13(16)17-5-2/h6-7H,4-5,8-12H2,1-3H3/b7-6+. The van der Waals surface area contributed by atoms with E-state index in [2.05, 4.69) is 18.7 Å². The number of likely N-dealkylation sites (tertiary alicyclic amines) is 1. The maximum Gasteiger partial charge on any atom is 0.330 e. The zero-order chi connectivity index (χ0) is 12.7. The summed E-state index contributed by atoms with van der Waals surface area (Å²) < 4.78 is 4.84. The van der Waals surface area contributed by atoms with Crippen LogP contribution in [0.15, 0.2) is 12.2 Å². The number of ether oxygens (including phenoxy) is 1. The quantitative estimate of drug-likeness (QED) is 0.545. The van der Waals surface area contributed by atoms with E-state index in [0.29, 0.717) is 12.0 Å². The van der Waals surface area contributed by atoms with Crippen LogP contribution in [0.25, 0.3) is 0 Å². The van der Waals surface area contributed by atoms with Gasteiger partial charge in [-0.1, -0.05) is 26.3 Å². The summed E-state index contributed by atoms with van der Waals surface area (Å²) in [7, 11) is 0.